The Morgan fingerprint density at radius 2 is 1.52 bits per heavy atom. The van der Waals surface area contributed by atoms with E-state index in [0.29, 0.717) is 30.1 Å². The summed E-state index contributed by atoms with van der Waals surface area (Å²) in [6, 6.07) is 16.2. The Morgan fingerprint density at radius 3 is 2.16 bits per heavy atom. The van der Waals surface area contributed by atoms with E-state index in [1.807, 2.05) is 30.3 Å². The Balaban J connectivity index is 1.54. The number of benzene rings is 2. The van der Waals surface area contributed by atoms with Crippen LogP contribution in [0.3, 0.4) is 0 Å². The fourth-order valence-electron chi connectivity index (χ4n) is 3.20. The van der Waals surface area contributed by atoms with Gasteiger partial charge in [0.25, 0.3) is 17.6 Å². The van der Waals surface area contributed by atoms with Gasteiger partial charge in [0.15, 0.2) is 0 Å². The van der Waals surface area contributed by atoms with Gasteiger partial charge in [0, 0.05) is 0 Å². The highest BCUT2D eigenvalue weighted by atomic mass is 16.2. The summed E-state index contributed by atoms with van der Waals surface area (Å²) in [5, 5.41) is 0. The molecule has 0 unspecified atom stereocenters. The summed E-state index contributed by atoms with van der Waals surface area (Å²) in [7, 11) is 0. The Hall–Kier alpha value is -3.28. The number of amidine groups is 1. The van der Waals surface area contributed by atoms with Crippen LogP contribution in [0.5, 0.6) is 0 Å². The van der Waals surface area contributed by atoms with E-state index >= 15 is 0 Å². The van der Waals surface area contributed by atoms with Gasteiger partial charge in [-0.25, -0.2) is 4.79 Å². The molecule has 4 rings (SSSR count). The van der Waals surface area contributed by atoms with E-state index in [0.717, 1.165) is 10.5 Å². The van der Waals surface area contributed by atoms with E-state index in [4.69, 9.17) is 0 Å². The molecule has 2 heterocycles. The Morgan fingerprint density at radius 1 is 0.920 bits per heavy atom. The number of carbonyl (C=O) groups excluding carboxylic acids is 3. The number of nitrogens with zero attached hydrogens (tertiary/aromatic N) is 2. The third-order valence-electron chi connectivity index (χ3n) is 4.42. The Kier molecular flexibility index (Phi) is 3.65. The molecule has 2 aromatic rings. The maximum atomic E-state index is 12.7. The van der Waals surface area contributed by atoms with E-state index in [1.54, 1.807) is 29.2 Å². The van der Waals surface area contributed by atoms with Crippen molar-refractivity contribution in [3.63, 3.8) is 0 Å². The highest BCUT2D eigenvalue weighted by Gasteiger charge is 2.40. The van der Waals surface area contributed by atoms with Crippen LogP contribution in [0, 0.1) is 0 Å². The number of nitrogens with one attached hydrogen (secondary N) is 1. The molecule has 6 heteroatoms. The summed E-state index contributed by atoms with van der Waals surface area (Å²) in [6.07, 6.45) is 0. The minimum absolute atomic E-state index is 0.260. The van der Waals surface area contributed by atoms with Crippen LogP contribution in [0.25, 0.3) is 0 Å². The fraction of sp³-hybridized carbons (Fsp3) is 0.158. The van der Waals surface area contributed by atoms with Crippen molar-refractivity contribution in [2.75, 3.05) is 19.6 Å². The molecule has 3 amide bonds. The average Bonchev–Trinajstić information content (AvgIpc) is 3.23. The normalized spacial score (nSPS) is 16.2. The Labute approximate surface area is 144 Å². The molecular formula is C19H16N3O3+. The maximum Gasteiger partial charge on any atom is 0.329 e. The van der Waals surface area contributed by atoms with Crippen molar-refractivity contribution in [2.24, 2.45) is 0 Å². The van der Waals surface area contributed by atoms with Gasteiger partial charge in [-0.15, -0.1) is 0 Å². The largest absolute Gasteiger partial charge is 0.329 e. The minimum Gasteiger partial charge on any atom is -0.270 e. The molecule has 2 aromatic carbocycles. The van der Waals surface area contributed by atoms with Crippen molar-refractivity contribution in [3.05, 3.63) is 71.3 Å². The minimum atomic E-state index is -0.414. The second-order valence-corrected chi connectivity index (χ2v) is 5.93. The molecule has 0 aromatic heterocycles. The van der Waals surface area contributed by atoms with Crippen LogP contribution < -0.4 is 4.99 Å². The van der Waals surface area contributed by atoms with Crippen LogP contribution in [0.4, 0.5) is 0 Å². The summed E-state index contributed by atoms with van der Waals surface area (Å²) < 4.78 is 0. The van der Waals surface area contributed by atoms with E-state index in [2.05, 4.69) is 4.99 Å². The van der Waals surface area contributed by atoms with Crippen LogP contribution in [0.2, 0.25) is 0 Å². The third-order valence-corrected chi connectivity index (χ3v) is 4.42. The summed E-state index contributed by atoms with van der Waals surface area (Å²) in [4.78, 5) is 43.4. The van der Waals surface area contributed by atoms with Crippen LogP contribution in [-0.2, 0) is 4.79 Å². The maximum absolute atomic E-state index is 12.7. The molecule has 1 N–H and O–H groups in total. The molecule has 0 saturated heterocycles. The van der Waals surface area contributed by atoms with Gasteiger partial charge in [0.1, 0.15) is 19.6 Å². The van der Waals surface area contributed by atoms with Crippen LogP contribution in [0.15, 0.2) is 54.6 Å². The molecule has 0 bridgehead atoms. The second kappa shape index (κ2) is 5.98. The molecule has 124 valence electrons. The van der Waals surface area contributed by atoms with Crippen molar-refractivity contribution in [2.45, 2.75) is 0 Å². The van der Waals surface area contributed by atoms with Crippen LogP contribution in [0.1, 0.15) is 26.3 Å². The molecule has 25 heavy (non-hydrogen) atoms. The third kappa shape index (κ3) is 2.52. The van der Waals surface area contributed by atoms with Gasteiger partial charge in [-0.3, -0.25) is 19.5 Å². The lowest BCUT2D eigenvalue weighted by Gasteiger charge is -2.16. The summed E-state index contributed by atoms with van der Waals surface area (Å²) in [5.74, 6) is -0.398. The van der Waals surface area contributed by atoms with E-state index < -0.39 is 11.8 Å². The van der Waals surface area contributed by atoms with E-state index in [9.17, 15) is 14.4 Å². The fourth-order valence-corrected chi connectivity index (χ4v) is 3.20. The Bertz CT molecular complexity index is 870. The molecule has 0 spiro atoms. The zero-order chi connectivity index (χ0) is 17.4. The number of hydrogen-bond acceptors (Lipinski definition) is 3. The molecule has 0 aliphatic carbocycles. The van der Waals surface area contributed by atoms with Gasteiger partial charge in [0.05, 0.1) is 16.7 Å². The standard InChI is InChI=1S/C19H15N3O3/c23-16(21-11-10-20-17(21)13-6-2-1-3-7-13)12-22-18(24)14-8-4-5-9-15(14)19(22)25/h1-9H,10-12H2/p+1. The first-order valence-corrected chi connectivity index (χ1v) is 8.08. The topological polar surface area (TPSA) is 71.7 Å². The zero-order valence-electron chi connectivity index (χ0n) is 13.4. The van der Waals surface area contributed by atoms with Crippen molar-refractivity contribution in [1.82, 2.24) is 9.80 Å². The van der Waals surface area contributed by atoms with Crippen molar-refractivity contribution in [3.8, 4) is 0 Å². The van der Waals surface area contributed by atoms with Gasteiger partial charge < -0.3 is 0 Å². The molecule has 0 atom stereocenters. The second-order valence-electron chi connectivity index (χ2n) is 5.93. The van der Waals surface area contributed by atoms with Crippen LogP contribution >= 0.6 is 0 Å². The highest BCUT2D eigenvalue weighted by Crippen LogP contribution is 2.22. The number of amides is 3. The summed E-state index contributed by atoms with van der Waals surface area (Å²) >= 11 is 0. The lowest BCUT2D eigenvalue weighted by molar-refractivity contribution is -0.444. The number of fused-ring (bicyclic) bond motifs is 1. The first kappa shape index (κ1) is 15.3. The SMILES string of the molecule is O=C(CN1C(=O)c2ccccc2C1=O)N1CC[NH+]=C1c1ccccc1. The predicted octanol–water partition coefficient (Wildman–Crippen LogP) is -0.348. The zero-order valence-corrected chi connectivity index (χ0v) is 13.4. The molecule has 0 saturated carbocycles. The van der Waals surface area contributed by atoms with Gasteiger partial charge in [0.2, 0.25) is 0 Å². The van der Waals surface area contributed by atoms with Gasteiger partial charge >= 0.3 is 5.91 Å². The summed E-state index contributed by atoms with van der Waals surface area (Å²) in [5.41, 5.74) is 1.61. The average molecular weight is 334 g/mol. The molecular weight excluding hydrogens is 318 g/mol. The number of rotatable bonds is 3. The molecule has 0 fully saturated rings. The quantitative estimate of drug-likeness (QED) is 0.780. The number of carbonyl (C=O) groups is 3. The smallest absolute Gasteiger partial charge is 0.270 e. The monoisotopic (exact) mass is 334 g/mol. The van der Waals surface area contributed by atoms with Crippen molar-refractivity contribution in [1.29, 1.82) is 0 Å². The highest BCUT2D eigenvalue weighted by molar-refractivity contribution is 6.22. The molecule has 0 radical (unpaired) electrons. The van der Waals surface area contributed by atoms with Gasteiger partial charge in [-0.1, -0.05) is 30.3 Å². The molecule has 6 nitrogen and oxygen atoms in total. The van der Waals surface area contributed by atoms with E-state index in [1.165, 1.54) is 0 Å². The van der Waals surface area contributed by atoms with Crippen molar-refractivity contribution >= 4 is 23.6 Å². The number of imide groups is 1. The summed E-state index contributed by atoms with van der Waals surface area (Å²) in [6.45, 7) is 0.884. The predicted molar refractivity (Wildman–Crippen MR) is 89.9 cm³/mol. The first-order valence-electron chi connectivity index (χ1n) is 8.08. The first-order chi connectivity index (χ1) is 12.2. The van der Waals surface area contributed by atoms with Gasteiger partial charge in [-0.05, 0) is 24.3 Å². The number of hydrogen-bond donors (Lipinski definition) is 1. The molecule has 2 aliphatic rings. The van der Waals surface area contributed by atoms with Crippen molar-refractivity contribution < 1.29 is 19.4 Å². The lowest BCUT2D eigenvalue weighted by atomic mass is 10.1. The van der Waals surface area contributed by atoms with Crippen LogP contribution in [-0.4, -0.2) is 53.0 Å². The van der Waals surface area contributed by atoms with Gasteiger partial charge in [-0.2, -0.15) is 4.90 Å². The molecule has 2 aliphatic heterocycles. The lowest BCUT2D eigenvalue weighted by Crippen LogP contribution is -2.71. The van der Waals surface area contributed by atoms with E-state index in [-0.39, 0.29) is 12.5 Å².